The highest BCUT2D eigenvalue weighted by Crippen LogP contribution is 2.29. The van der Waals surface area contributed by atoms with E-state index in [0.29, 0.717) is 18.8 Å². The quantitative estimate of drug-likeness (QED) is 0.773. The molecular weight excluding hydrogens is 292 g/mol. The van der Waals surface area contributed by atoms with Crippen molar-refractivity contribution in [2.24, 2.45) is 12.5 Å². The fourth-order valence-corrected chi connectivity index (χ4v) is 4.06. The summed E-state index contributed by atoms with van der Waals surface area (Å²) in [6.45, 7) is 4.47. The Morgan fingerprint density at radius 1 is 1.48 bits per heavy atom. The number of ether oxygens (including phenoxy) is 1. The number of aryl methyl sites for hydroxylation is 1. The van der Waals surface area contributed by atoms with Crippen LogP contribution in [0.3, 0.4) is 0 Å². The Balaban J connectivity index is 2.11. The molecule has 0 atom stereocenters. The lowest BCUT2D eigenvalue weighted by molar-refractivity contribution is 0.0577. The van der Waals surface area contributed by atoms with Gasteiger partial charge in [-0.25, -0.2) is 13.1 Å². The molecule has 0 bridgehead atoms. The van der Waals surface area contributed by atoms with Crippen LogP contribution in [0.5, 0.6) is 0 Å². The van der Waals surface area contributed by atoms with Gasteiger partial charge in [0.25, 0.3) is 0 Å². The first-order valence-corrected chi connectivity index (χ1v) is 8.56. The van der Waals surface area contributed by atoms with Crippen molar-refractivity contribution in [1.82, 2.24) is 19.8 Å². The van der Waals surface area contributed by atoms with E-state index >= 15 is 0 Å². The minimum atomic E-state index is -3.54. The fraction of sp³-hybridized carbons (Fsp3) is 0.769. The highest BCUT2D eigenvalue weighted by molar-refractivity contribution is 7.89. The number of hydrogen-bond donors (Lipinski definition) is 2. The summed E-state index contributed by atoms with van der Waals surface area (Å²) in [7, 11) is -0.149. The van der Waals surface area contributed by atoms with Gasteiger partial charge < -0.3 is 10.1 Å². The Labute approximate surface area is 126 Å². The number of sulfonamides is 1. The maximum Gasteiger partial charge on any atom is 0.243 e. The number of nitrogens with zero attached hydrogens (tertiary/aromatic N) is 2. The maximum atomic E-state index is 12.4. The van der Waals surface area contributed by atoms with Gasteiger partial charge in [0.1, 0.15) is 4.90 Å². The number of hydrogen-bond acceptors (Lipinski definition) is 5. The van der Waals surface area contributed by atoms with Crippen molar-refractivity contribution >= 4 is 10.0 Å². The molecule has 1 aromatic heterocycles. The summed E-state index contributed by atoms with van der Waals surface area (Å²) in [6.07, 6.45) is 3.19. The van der Waals surface area contributed by atoms with Crippen LogP contribution in [0.15, 0.2) is 11.1 Å². The van der Waals surface area contributed by atoms with Crippen LogP contribution >= 0.6 is 0 Å². The van der Waals surface area contributed by atoms with Crippen molar-refractivity contribution in [3.63, 3.8) is 0 Å². The van der Waals surface area contributed by atoms with Gasteiger partial charge >= 0.3 is 0 Å². The highest BCUT2D eigenvalue weighted by Gasteiger charge is 2.34. The molecule has 0 aromatic carbocycles. The molecule has 0 spiro atoms. The predicted molar refractivity (Wildman–Crippen MR) is 79.5 cm³/mol. The third kappa shape index (κ3) is 3.63. The summed E-state index contributed by atoms with van der Waals surface area (Å²) < 4.78 is 34.5. The minimum absolute atomic E-state index is 0.136. The Morgan fingerprint density at radius 2 is 2.14 bits per heavy atom. The number of nitrogens with one attached hydrogen (secondary N) is 2. The van der Waals surface area contributed by atoms with Gasteiger partial charge in [-0.2, -0.15) is 5.10 Å². The molecule has 7 nitrogen and oxygen atoms in total. The van der Waals surface area contributed by atoms with E-state index in [1.807, 2.05) is 0 Å². The molecule has 0 amide bonds. The van der Waals surface area contributed by atoms with E-state index in [-0.39, 0.29) is 10.3 Å². The second-order valence-corrected chi connectivity index (χ2v) is 7.46. The van der Waals surface area contributed by atoms with Gasteiger partial charge in [0.05, 0.1) is 18.5 Å². The van der Waals surface area contributed by atoms with E-state index in [9.17, 15) is 8.42 Å². The van der Waals surface area contributed by atoms with Crippen molar-refractivity contribution < 1.29 is 13.2 Å². The first-order chi connectivity index (χ1) is 9.90. The van der Waals surface area contributed by atoms with Gasteiger partial charge in [-0.05, 0) is 32.9 Å². The third-order valence-corrected chi connectivity index (χ3v) is 5.74. The van der Waals surface area contributed by atoms with Gasteiger partial charge in [-0.15, -0.1) is 0 Å². The Bertz CT molecular complexity index is 571. The van der Waals surface area contributed by atoms with E-state index in [1.54, 1.807) is 25.8 Å². The average Bonchev–Trinajstić information content (AvgIpc) is 2.79. The number of aromatic nitrogens is 2. The van der Waals surface area contributed by atoms with E-state index in [1.165, 1.54) is 6.20 Å². The molecule has 120 valence electrons. The van der Waals surface area contributed by atoms with Crippen LogP contribution in [0.25, 0.3) is 0 Å². The molecule has 2 heterocycles. The van der Waals surface area contributed by atoms with Crippen LogP contribution in [0, 0.1) is 12.3 Å². The fourth-order valence-electron chi connectivity index (χ4n) is 2.70. The molecule has 0 unspecified atom stereocenters. The highest BCUT2D eigenvalue weighted by atomic mass is 32.2. The molecule has 0 saturated carbocycles. The largest absolute Gasteiger partial charge is 0.384 e. The summed E-state index contributed by atoms with van der Waals surface area (Å²) in [5, 5.41) is 7.29. The van der Waals surface area contributed by atoms with Crippen molar-refractivity contribution in [2.45, 2.75) is 24.7 Å². The second-order valence-electron chi connectivity index (χ2n) is 5.73. The van der Waals surface area contributed by atoms with Crippen LogP contribution < -0.4 is 10.0 Å². The molecule has 2 N–H and O–H groups in total. The lowest BCUT2D eigenvalue weighted by Crippen LogP contribution is -2.47. The molecule has 1 saturated heterocycles. The van der Waals surface area contributed by atoms with Crippen molar-refractivity contribution in [1.29, 1.82) is 0 Å². The standard InChI is InChI=1S/C13H24N4O3S/c1-11-12(8-15-17(11)2)21(18,19)16-9-13(10-20-3)4-6-14-7-5-13/h8,14,16H,4-7,9-10H2,1-3H3. The van der Waals surface area contributed by atoms with Gasteiger partial charge in [0.2, 0.25) is 10.0 Å². The van der Waals surface area contributed by atoms with Crippen LogP contribution in [0.4, 0.5) is 0 Å². The monoisotopic (exact) mass is 316 g/mol. The third-order valence-electron chi connectivity index (χ3n) is 4.23. The van der Waals surface area contributed by atoms with Crippen LogP contribution in [0.1, 0.15) is 18.5 Å². The zero-order valence-electron chi connectivity index (χ0n) is 12.8. The summed E-state index contributed by atoms with van der Waals surface area (Å²) in [5.74, 6) is 0. The summed E-state index contributed by atoms with van der Waals surface area (Å²) in [5.41, 5.74) is 0.497. The first kappa shape index (κ1) is 16.4. The van der Waals surface area contributed by atoms with Crippen molar-refractivity contribution in [3.05, 3.63) is 11.9 Å². The van der Waals surface area contributed by atoms with E-state index in [4.69, 9.17) is 4.74 Å². The topological polar surface area (TPSA) is 85.2 Å². The van der Waals surface area contributed by atoms with Gasteiger partial charge in [-0.3, -0.25) is 4.68 Å². The maximum absolute atomic E-state index is 12.4. The van der Waals surface area contributed by atoms with Crippen molar-refractivity contribution in [2.75, 3.05) is 33.4 Å². The van der Waals surface area contributed by atoms with Gasteiger partial charge in [-0.1, -0.05) is 0 Å². The molecule has 0 aliphatic carbocycles. The SMILES string of the molecule is COCC1(CNS(=O)(=O)c2cnn(C)c2C)CCNCC1. The van der Waals surface area contributed by atoms with E-state index in [0.717, 1.165) is 25.9 Å². The Morgan fingerprint density at radius 3 is 2.67 bits per heavy atom. The Hall–Kier alpha value is -0.960. The first-order valence-electron chi connectivity index (χ1n) is 7.08. The lowest BCUT2D eigenvalue weighted by atomic mass is 9.80. The molecular formula is C13H24N4O3S. The predicted octanol–water partition coefficient (Wildman–Crippen LogP) is 0.0230. The molecule has 0 radical (unpaired) electrons. The summed E-state index contributed by atoms with van der Waals surface area (Å²) in [4.78, 5) is 0.242. The molecule has 2 rings (SSSR count). The van der Waals surface area contributed by atoms with Gasteiger partial charge in [0.15, 0.2) is 0 Å². The molecule has 1 aliphatic heterocycles. The van der Waals surface area contributed by atoms with Gasteiger partial charge in [0, 0.05) is 26.1 Å². The van der Waals surface area contributed by atoms with Crippen LogP contribution in [-0.4, -0.2) is 51.5 Å². The molecule has 8 heteroatoms. The number of methoxy groups -OCH3 is 1. The molecule has 1 aliphatic rings. The number of piperidine rings is 1. The molecule has 21 heavy (non-hydrogen) atoms. The second kappa shape index (κ2) is 6.43. The minimum Gasteiger partial charge on any atom is -0.384 e. The van der Waals surface area contributed by atoms with Crippen LogP contribution in [0.2, 0.25) is 0 Å². The lowest BCUT2D eigenvalue weighted by Gasteiger charge is -2.37. The normalized spacial score (nSPS) is 18.8. The Kier molecular flexibility index (Phi) is 5.03. The summed E-state index contributed by atoms with van der Waals surface area (Å²) in [6, 6.07) is 0. The van der Waals surface area contributed by atoms with Crippen LogP contribution in [-0.2, 0) is 21.8 Å². The van der Waals surface area contributed by atoms with Crippen molar-refractivity contribution in [3.8, 4) is 0 Å². The zero-order valence-corrected chi connectivity index (χ0v) is 13.7. The average molecular weight is 316 g/mol. The zero-order chi connectivity index (χ0) is 15.5. The molecule has 1 aromatic rings. The smallest absolute Gasteiger partial charge is 0.243 e. The van der Waals surface area contributed by atoms with E-state index in [2.05, 4.69) is 15.1 Å². The summed E-state index contributed by atoms with van der Waals surface area (Å²) >= 11 is 0. The number of rotatable bonds is 6. The van der Waals surface area contributed by atoms with E-state index < -0.39 is 10.0 Å². The molecule has 1 fully saturated rings.